The lowest BCUT2D eigenvalue weighted by Crippen LogP contribution is -2.12. The van der Waals surface area contributed by atoms with E-state index in [-0.39, 0.29) is 0 Å². The molecule has 3 nitrogen and oxygen atoms in total. The Morgan fingerprint density at radius 1 is 1.69 bits per heavy atom. The number of aryl methyl sites for hydroxylation is 1. The largest absolute Gasteiger partial charge is 0.480 e. The molecule has 0 aliphatic heterocycles. The van der Waals surface area contributed by atoms with Crippen LogP contribution in [0.15, 0.2) is 22.8 Å². The Morgan fingerprint density at radius 3 is 3.00 bits per heavy atom. The van der Waals surface area contributed by atoms with E-state index in [0.717, 1.165) is 18.6 Å². The third-order valence-corrected chi connectivity index (χ3v) is 2.58. The Hall–Kier alpha value is -0.770. The van der Waals surface area contributed by atoms with Gasteiger partial charge in [0.2, 0.25) is 0 Å². The molecule has 0 bridgehead atoms. The van der Waals surface area contributed by atoms with Crippen LogP contribution in [-0.4, -0.2) is 15.9 Å². The minimum Gasteiger partial charge on any atom is -0.480 e. The number of carboxylic acid groups (broad SMARTS) is 1. The molecule has 0 amide bonds. The van der Waals surface area contributed by atoms with Crippen LogP contribution in [0.5, 0.6) is 0 Å². The van der Waals surface area contributed by atoms with Crippen LogP contribution in [0.3, 0.4) is 0 Å². The molecular formula is C9H11BrO3. The van der Waals surface area contributed by atoms with Crippen LogP contribution in [0.2, 0.25) is 0 Å². The molecule has 0 aliphatic carbocycles. The van der Waals surface area contributed by atoms with E-state index in [2.05, 4.69) is 15.9 Å². The first kappa shape index (κ1) is 10.3. The van der Waals surface area contributed by atoms with Crippen molar-refractivity contribution in [3.63, 3.8) is 0 Å². The quantitative estimate of drug-likeness (QED) is 0.813. The van der Waals surface area contributed by atoms with Gasteiger partial charge in [-0.3, -0.25) is 4.79 Å². The van der Waals surface area contributed by atoms with Gasteiger partial charge in [-0.2, -0.15) is 0 Å². The smallest absolute Gasteiger partial charge is 0.317 e. The molecule has 72 valence electrons. The number of carboxylic acids is 1. The van der Waals surface area contributed by atoms with E-state index in [1.165, 1.54) is 0 Å². The van der Waals surface area contributed by atoms with E-state index < -0.39 is 10.8 Å². The summed E-state index contributed by atoms with van der Waals surface area (Å²) in [5.74, 6) is 0.101. The Morgan fingerprint density at radius 2 is 2.46 bits per heavy atom. The first-order chi connectivity index (χ1) is 6.20. The summed E-state index contributed by atoms with van der Waals surface area (Å²) in [7, 11) is 0. The van der Waals surface area contributed by atoms with E-state index >= 15 is 0 Å². The lowest BCUT2D eigenvalue weighted by molar-refractivity contribution is -0.136. The predicted octanol–water partition coefficient (Wildman–Crippen LogP) is 2.45. The second-order valence-corrected chi connectivity index (χ2v) is 3.88. The van der Waals surface area contributed by atoms with Crippen LogP contribution >= 0.6 is 15.9 Å². The SMILES string of the molecule is O=C(O)C(Br)CCCc1ccco1. The maximum Gasteiger partial charge on any atom is 0.317 e. The molecule has 1 unspecified atom stereocenters. The lowest BCUT2D eigenvalue weighted by Gasteiger charge is -2.02. The van der Waals surface area contributed by atoms with E-state index in [1.807, 2.05) is 12.1 Å². The minimum absolute atomic E-state index is 0.442. The van der Waals surface area contributed by atoms with Gasteiger partial charge in [0.1, 0.15) is 10.6 Å². The molecule has 1 aromatic rings. The fourth-order valence-corrected chi connectivity index (χ4v) is 1.36. The highest BCUT2D eigenvalue weighted by Gasteiger charge is 2.12. The molecular weight excluding hydrogens is 236 g/mol. The molecule has 0 saturated carbocycles. The van der Waals surface area contributed by atoms with Crippen LogP contribution in [0.25, 0.3) is 0 Å². The standard InChI is InChI=1S/C9H11BrO3/c10-8(9(11)12)5-1-3-7-4-2-6-13-7/h2,4,6,8H,1,3,5H2,(H,11,12). The first-order valence-electron chi connectivity index (χ1n) is 4.09. The Labute approximate surface area is 84.9 Å². The van der Waals surface area contributed by atoms with Crippen molar-refractivity contribution in [3.05, 3.63) is 24.2 Å². The predicted molar refractivity (Wildman–Crippen MR) is 52.0 cm³/mol. The zero-order valence-electron chi connectivity index (χ0n) is 7.07. The van der Waals surface area contributed by atoms with Crippen LogP contribution in [0.4, 0.5) is 0 Å². The summed E-state index contributed by atoms with van der Waals surface area (Å²) >= 11 is 3.08. The van der Waals surface area contributed by atoms with Crippen molar-refractivity contribution in [2.45, 2.75) is 24.1 Å². The van der Waals surface area contributed by atoms with Crippen molar-refractivity contribution in [2.24, 2.45) is 0 Å². The number of carbonyl (C=O) groups is 1. The third kappa shape index (κ3) is 3.63. The molecule has 0 fully saturated rings. The van der Waals surface area contributed by atoms with Crippen LogP contribution in [-0.2, 0) is 11.2 Å². The van der Waals surface area contributed by atoms with Gasteiger partial charge >= 0.3 is 5.97 Å². The van der Waals surface area contributed by atoms with Crippen LogP contribution in [0, 0.1) is 0 Å². The molecule has 0 radical (unpaired) electrons. The fourth-order valence-electron chi connectivity index (χ4n) is 1.03. The van der Waals surface area contributed by atoms with Crippen molar-refractivity contribution in [1.29, 1.82) is 0 Å². The number of halogens is 1. The molecule has 1 aromatic heterocycles. The van der Waals surface area contributed by atoms with Gasteiger partial charge in [-0.05, 0) is 25.0 Å². The van der Waals surface area contributed by atoms with Gasteiger partial charge in [0, 0.05) is 6.42 Å². The van der Waals surface area contributed by atoms with Gasteiger partial charge in [0.05, 0.1) is 6.26 Å². The van der Waals surface area contributed by atoms with Gasteiger partial charge in [-0.15, -0.1) is 0 Å². The number of furan rings is 1. The third-order valence-electron chi connectivity index (χ3n) is 1.73. The highest BCUT2D eigenvalue weighted by atomic mass is 79.9. The summed E-state index contributed by atoms with van der Waals surface area (Å²) in [6.45, 7) is 0. The number of hydrogen-bond acceptors (Lipinski definition) is 2. The van der Waals surface area contributed by atoms with E-state index in [9.17, 15) is 4.79 Å². The molecule has 4 heteroatoms. The van der Waals surface area contributed by atoms with Gasteiger partial charge in [-0.1, -0.05) is 15.9 Å². The average molecular weight is 247 g/mol. The molecule has 1 atom stereocenters. The second kappa shape index (κ2) is 5.07. The minimum atomic E-state index is -0.806. The zero-order chi connectivity index (χ0) is 9.68. The fraction of sp³-hybridized carbons (Fsp3) is 0.444. The Balaban J connectivity index is 2.18. The highest BCUT2D eigenvalue weighted by Crippen LogP contribution is 2.12. The summed E-state index contributed by atoms with van der Waals surface area (Å²) < 4.78 is 5.11. The molecule has 0 aromatic carbocycles. The monoisotopic (exact) mass is 246 g/mol. The van der Waals surface area contributed by atoms with Crippen LogP contribution < -0.4 is 0 Å². The summed E-state index contributed by atoms with van der Waals surface area (Å²) in [5.41, 5.74) is 0. The number of aliphatic carboxylic acids is 1. The summed E-state index contributed by atoms with van der Waals surface area (Å²) in [5, 5.41) is 8.57. The molecule has 1 N–H and O–H groups in total. The molecule has 1 rings (SSSR count). The summed E-state index contributed by atoms with van der Waals surface area (Å²) in [4.78, 5) is 9.98. The Kier molecular flexibility index (Phi) is 4.02. The Bertz CT molecular complexity index is 256. The van der Waals surface area contributed by atoms with Crippen molar-refractivity contribution < 1.29 is 14.3 Å². The second-order valence-electron chi connectivity index (χ2n) is 2.78. The molecule has 0 spiro atoms. The first-order valence-corrected chi connectivity index (χ1v) is 5.01. The zero-order valence-corrected chi connectivity index (χ0v) is 8.66. The summed E-state index contributed by atoms with van der Waals surface area (Å²) in [6, 6.07) is 3.72. The lowest BCUT2D eigenvalue weighted by atomic mass is 10.1. The van der Waals surface area contributed by atoms with Crippen LogP contribution in [0.1, 0.15) is 18.6 Å². The van der Waals surface area contributed by atoms with E-state index in [0.29, 0.717) is 6.42 Å². The van der Waals surface area contributed by atoms with Crippen molar-refractivity contribution >= 4 is 21.9 Å². The van der Waals surface area contributed by atoms with Crippen molar-refractivity contribution in [1.82, 2.24) is 0 Å². The van der Waals surface area contributed by atoms with Gasteiger partial charge < -0.3 is 9.52 Å². The van der Waals surface area contributed by atoms with Gasteiger partial charge in [0.25, 0.3) is 0 Å². The maximum absolute atomic E-state index is 10.4. The van der Waals surface area contributed by atoms with E-state index in [4.69, 9.17) is 9.52 Å². The molecule has 1 heterocycles. The van der Waals surface area contributed by atoms with Crippen molar-refractivity contribution in [3.8, 4) is 0 Å². The van der Waals surface area contributed by atoms with Gasteiger partial charge in [0.15, 0.2) is 0 Å². The number of rotatable bonds is 5. The van der Waals surface area contributed by atoms with Gasteiger partial charge in [-0.25, -0.2) is 0 Å². The maximum atomic E-state index is 10.4. The molecule has 0 saturated heterocycles. The summed E-state index contributed by atoms with van der Waals surface area (Å²) in [6.07, 6.45) is 3.85. The normalized spacial score (nSPS) is 12.7. The average Bonchev–Trinajstić information content (AvgIpc) is 2.56. The number of hydrogen-bond donors (Lipinski definition) is 1. The van der Waals surface area contributed by atoms with E-state index in [1.54, 1.807) is 6.26 Å². The number of alkyl halides is 1. The molecule has 0 aliphatic rings. The highest BCUT2D eigenvalue weighted by molar-refractivity contribution is 9.10. The van der Waals surface area contributed by atoms with Crippen molar-refractivity contribution in [2.75, 3.05) is 0 Å². The topological polar surface area (TPSA) is 50.4 Å². The molecule has 13 heavy (non-hydrogen) atoms.